The number of hydrogen-bond donors (Lipinski definition) is 2. The summed E-state index contributed by atoms with van der Waals surface area (Å²) in [6.07, 6.45) is 4.20. The van der Waals surface area contributed by atoms with Gasteiger partial charge in [-0.3, -0.25) is 0 Å². The lowest BCUT2D eigenvalue weighted by atomic mass is 10.2. The Hall–Kier alpha value is -1.43. The van der Waals surface area contributed by atoms with E-state index in [1.807, 2.05) is 12.4 Å². The standard InChI is InChI=1S/C14H21N3O2/c1-11-4-6-17-12(9-16-14(17)7-11)8-15-5-3-13(18)10-19-2/h4,6-7,9,13,15,18H,3,5,8,10H2,1-2H3. The van der Waals surface area contributed by atoms with Gasteiger partial charge in [0.2, 0.25) is 0 Å². The minimum absolute atomic E-state index is 0.385. The van der Waals surface area contributed by atoms with Crippen molar-refractivity contribution in [1.29, 1.82) is 0 Å². The van der Waals surface area contributed by atoms with Crippen LogP contribution >= 0.6 is 0 Å². The normalized spacial score (nSPS) is 13.0. The zero-order chi connectivity index (χ0) is 13.7. The van der Waals surface area contributed by atoms with Crippen molar-refractivity contribution in [3.63, 3.8) is 0 Å². The number of hydrogen-bond acceptors (Lipinski definition) is 4. The SMILES string of the molecule is COCC(O)CCNCc1cnc2cc(C)ccn12. The fourth-order valence-electron chi connectivity index (χ4n) is 2.03. The van der Waals surface area contributed by atoms with Crippen LogP contribution in [0.25, 0.3) is 5.65 Å². The van der Waals surface area contributed by atoms with Crippen LogP contribution in [0.5, 0.6) is 0 Å². The minimum atomic E-state index is -0.401. The van der Waals surface area contributed by atoms with Crippen LogP contribution in [-0.2, 0) is 11.3 Å². The summed E-state index contributed by atoms with van der Waals surface area (Å²) in [7, 11) is 1.59. The number of nitrogens with zero attached hydrogens (tertiary/aromatic N) is 2. The molecular formula is C14H21N3O2. The van der Waals surface area contributed by atoms with Gasteiger partial charge in [0.1, 0.15) is 5.65 Å². The van der Waals surface area contributed by atoms with E-state index < -0.39 is 6.10 Å². The predicted octanol–water partition coefficient (Wildman–Crippen LogP) is 1.13. The molecule has 1 atom stereocenters. The van der Waals surface area contributed by atoms with Crippen LogP contribution in [0.15, 0.2) is 24.5 Å². The molecule has 0 fully saturated rings. The third-order valence-corrected chi connectivity index (χ3v) is 3.06. The van der Waals surface area contributed by atoms with Gasteiger partial charge in [-0.05, 0) is 37.6 Å². The van der Waals surface area contributed by atoms with Crippen molar-refractivity contribution in [2.75, 3.05) is 20.3 Å². The summed E-state index contributed by atoms with van der Waals surface area (Å²) < 4.78 is 6.96. The molecule has 0 aromatic carbocycles. The fraction of sp³-hybridized carbons (Fsp3) is 0.500. The Kier molecular flexibility index (Phi) is 4.90. The van der Waals surface area contributed by atoms with Gasteiger partial charge in [0.15, 0.2) is 0 Å². The largest absolute Gasteiger partial charge is 0.391 e. The summed E-state index contributed by atoms with van der Waals surface area (Å²) in [6, 6.07) is 4.13. The lowest BCUT2D eigenvalue weighted by Gasteiger charge is -2.10. The number of methoxy groups -OCH3 is 1. The van der Waals surface area contributed by atoms with E-state index in [0.29, 0.717) is 13.0 Å². The maximum absolute atomic E-state index is 9.53. The summed E-state index contributed by atoms with van der Waals surface area (Å²) in [5.41, 5.74) is 3.30. The molecule has 2 rings (SSSR count). The zero-order valence-corrected chi connectivity index (χ0v) is 11.5. The average Bonchev–Trinajstić information content (AvgIpc) is 2.77. The van der Waals surface area contributed by atoms with E-state index in [2.05, 4.69) is 33.8 Å². The van der Waals surface area contributed by atoms with Crippen molar-refractivity contribution in [2.24, 2.45) is 0 Å². The first-order valence-corrected chi connectivity index (χ1v) is 6.51. The molecule has 0 spiro atoms. The van der Waals surface area contributed by atoms with Crippen LogP contribution in [0.4, 0.5) is 0 Å². The second kappa shape index (κ2) is 6.65. The Bertz CT molecular complexity index is 524. The van der Waals surface area contributed by atoms with Gasteiger partial charge in [-0.2, -0.15) is 0 Å². The Morgan fingerprint density at radius 3 is 3.16 bits per heavy atom. The Morgan fingerprint density at radius 2 is 2.37 bits per heavy atom. The van der Waals surface area contributed by atoms with E-state index in [0.717, 1.165) is 24.4 Å². The van der Waals surface area contributed by atoms with Gasteiger partial charge in [0, 0.05) is 19.9 Å². The third kappa shape index (κ3) is 3.76. The third-order valence-electron chi connectivity index (χ3n) is 3.06. The average molecular weight is 263 g/mol. The monoisotopic (exact) mass is 263 g/mol. The molecule has 0 saturated carbocycles. The zero-order valence-electron chi connectivity index (χ0n) is 11.5. The first-order valence-electron chi connectivity index (χ1n) is 6.51. The number of aromatic nitrogens is 2. The summed E-state index contributed by atoms with van der Waals surface area (Å²) >= 11 is 0. The number of imidazole rings is 1. The topological polar surface area (TPSA) is 58.8 Å². The lowest BCUT2D eigenvalue weighted by molar-refractivity contribution is 0.0594. The first-order chi connectivity index (χ1) is 9.20. The molecule has 0 radical (unpaired) electrons. The number of rotatable bonds is 7. The fourth-order valence-corrected chi connectivity index (χ4v) is 2.03. The highest BCUT2D eigenvalue weighted by molar-refractivity contribution is 5.42. The molecule has 1 unspecified atom stereocenters. The van der Waals surface area contributed by atoms with Crippen LogP contribution in [0, 0.1) is 6.92 Å². The van der Waals surface area contributed by atoms with E-state index in [1.165, 1.54) is 5.56 Å². The molecule has 2 heterocycles. The number of pyridine rings is 1. The molecule has 0 aliphatic heterocycles. The lowest BCUT2D eigenvalue weighted by Crippen LogP contribution is -2.23. The molecule has 0 saturated heterocycles. The van der Waals surface area contributed by atoms with Gasteiger partial charge < -0.3 is 19.6 Å². The Morgan fingerprint density at radius 1 is 1.53 bits per heavy atom. The second-order valence-electron chi connectivity index (χ2n) is 4.76. The van der Waals surface area contributed by atoms with E-state index in [4.69, 9.17) is 4.74 Å². The smallest absolute Gasteiger partial charge is 0.137 e. The highest BCUT2D eigenvalue weighted by Gasteiger charge is 2.05. The quantitative estimate of drug-likeness (QED) is 0.735. The molecule has 5 nitrogen and oxygen atoms in total. The van der Waals surface area contributed by atoms with E-state index in [-0.39, 0.29) is 0 Å². The van der Waals surface area contributed by atoms with Gasteiger partial charge in [-0.1, -0.05) is 0 Å². The van der Waals surface area contributed by atoms with Gasteiger partial charge in [0.25, 0.3) is 0 Å². The van der Waals surface area contributed by atoms with Gasteiger partial charge in [0.05, 0.1) is 24.6 Å². The number of aliphatic hydroxyl groups is 1. The number of ether oxygens (including phenoxy) is 1. The Balaban J connectivity index is 1.85. The van der Waals surface area contributed by atoms with Crippen molar-refractivity contribution in [3.05, 3.63) is 35.8 Å². The van der Waals surface area contributed by atoms with Crippen molar-refractivity contribution in [2.45, 2.75) is 26.0 Å². The molecule has 0 aliphatic carbocycles. The number of aliphatic hydroxyl groups excluding tert-OH is 1. The maximum Gasteiger partial charge on any atom is 0.137 e. The summed E-state index contributed by atoms with van der Waals surface area (Å²) in [5.74, 6) is 0. The summed E-state index contributed by atoms with van der Waals surface area (Å²) in [4.78, 5) is 4.38. The van der Waals surface area contributed by atoms with Crippen LogP contribution in [0.3, 0.4) is 0 Å². The molecule has 5 heteroatoms. The van der Waals surface area contributed by atoms with Gasteiger partial charge in [-0.25, -0.2) is 4.98 Å². The number of fused-ring (bicyclic) bond motifs is 1. The number of nitrogens with one attached hydrogen (secondary N) is 1. The molecule has 2 aromatic heterocycles. The summed E-state index contributed by atoms with van der Waals surface area (Å²) in [6.45, 7) is 3.94. The summed E-state index contributed by atoms with van der Waals surface area (Å²) in [5, 5.41) is 12.8. The van der Waals surface area contributed by atoms with Crippen molar-refractivity contribution in [3.8, 4) is 0 Å². The molecule has 2 aromatic rings. The molecule has 2 N–H and O–H groups in total. The van der Waals surface area contributed by atoms with E-state index >= 15 is 0 Å². The van der Waals surface area contributed by atoms with Crippen LogP contribution < -0.4 is 5.32 Å². The van der Waals surface area contributed by atoms with Gasteiger partial charge in [-0.15, -0.1) is 0 Å². The van der Waals surface area contributed by atoms with Crippen LogP contribution in [0.1, 0.15) is 17.7 Å². The van der Waals surface area contributed by atoms with Crippen molar-refractivity contribution < 1.29 is 9.84 Å². The van der Waals surface area contributed by atoms with Gasteiger partial charge >= 0.3 is 0 Å². The molecule has 0 amide bonds. The van der Waals surface area contributed by atoms with Crippen LogP contribution in [-0.4, -0.2) is 40.9 Å². The highest BCUT2D eigenvalue weighted by Crippen LogP contribution is 2.08. The van der Waals surface area contributed by atoms with E-state index in [1.54, 1.807) is 7.11 Å². The minimum Gasteiger partial charge on any atom is -0.391 e. The van der Waals surface area contributed by atoms with Crippen molar-refractivity contribution in [1.82, 2.24) is 14.7 Å². The van der Waals surface area contributed by atoms with E-state index in [9.17, 15) is 5.11 Å². The maximum atomic E-state index is 9.53. The number of aryl methyl sites for hydroxylation is 1. The van der Waals surface area contributed by atoms with Crippen LogP contribution in [0.2, 0.25) is 0 Å². The molecule has 0 bridgehead atoms. The Labute approximate surface area is 113 Å². The molecule has 0 aliphatic rings. The van der Waals surface area contributed by atoms with Crippen molar-refractivity contribution >= 4 is 5.65 Å². The predicted molar refractivity (Wildman–Crippen MR) is 74.1 cm³/mol. The first kappa shape index (κ1) is 14.0. The molecular weight excluding hydrogens is 242 g/mol. The second-order valence-corrected chi connectivity index (χ2v) is 4.76. The molecule has 104 valence electrons. The highest BCUT2D eigenvalue weighted by atomic mass is 16.5. The molecule has 19 heavy (non-hydrogen) atoms.